The number of likely N-dealkylation sites (N-methyl/N-ethyl adjacent to an activating group) is 1. The first-order chi connectivity index (χ1) is 9.16. The van der Waals surface area contributed by atoms with Gasteiger partial charge in [0.05, 0.1) is 10.5 Å². The SMILES string of the molecule is CN1C(=O)N(S(=O)(=O)c2cc(Cl)sc2Cl)C=C(F)C1N. The average Bonchev–Trinajstić information content (AvgIpc) is 2.71. The van der Waals surface area contributed by atoms with E-state index >= 15 is 0 Å². The summed E-state index contributed by atoms with van der Waals surface area (Å²) in [5.41, 5.74) is 5.39. The molecule has 2 heterocycles. The van der Waals surface area contributed by atoms with Crippen LogP contribution in [0.2, 0.25) is 8.67 Å². The molecule has 1 aliphatic heterocycles. The van der Waals surface area contributed by atoms with Crippen LogP contribution in [-0.2, 0) is 10.0 Å². The molecule has 0 spiro atoms. The summed E-state index contributed by atoms with van der Waals surface area (Å²) in [7, 11) is -3.16. The van der Waals surface area contributed by atoms with Crippen molar-refractivity contribution < 1.29 is 17.6 Å². The Morgan fingerprint density at radius 1 is 1.45 bits per heavy atom. The Hall–Kier alpha value is -0.870. The average molecular weight is 360 g/mol. The summed E-state index contributed by atoms with van der Waals surface area (Å²) in [4.78, 5) is 12.3. The summed E-state index contributed by atoms with van der Waals surface area (Å²) in [6.45, 7) is 0. The molecule has 11 heteroatoms. The second-order valence-electron chi connectivity index (χ2n) is 3.84. The highest BCUT2D eigenvalue weighted by Gasteiger charge is 2.39. The maximum absolute atomic E-state index is 13.6. The lowest BCUT2D eigenvalue weighted by Gasteiger charge is -2.32. The quantitative estimate of drug-likeness (QED) is 0.877. The Kier molecular flexibility index (Phi) is 4.00. The highest BCUT2D eigenvalue weighted by molar-refractivity contribution is 7.90. The van der Waals surface area contributed by atoms with Crippen LogP contribution < -0.4 is 5.73 Å². The van der Waals surface area contributed by atoms with Gasteiger partial charge in [0.1, 0.15) is 15.4 Å². The second-order valence-corrected chi connectivity index (χ2v) is 7.91. The minimum Gasteiger partial charge on any atom is -0.305 e. The van der Waals surface area contributed by atoms with Crippen molar-refractivity contribution in [1.29, 1.82) is 0 Å². The molecule has 6 nitrogen and oxygen atoms in total. The van der Waals surface area contributed by atoms with Crippen LogP contribution in [0.5, 0.6) is 0 Å². The van der Waals surface area contributed by atoms with E-state index in [2.05, 4.69) is 0 Å². The van der Waals surface area contributed by atoms with Crippen LogP contribution >= 0.6 is 34.5 Å². The summed E-state index contributed by atoms with van der Waals surface area (Å²) in [6, 6.07) is 0.106. The van der Waals surface area contributed by atoms with E-state index in [4.69, 9.17) is 28.9 Å². The lowest BCUT2D eigenvalue weighted by Crippen LogP contribution is -2.53. The summed E-state index contributed by atoms with van der Waals surface area (Å²) < 4.78 is 38.5. The number of hydrogen-bond donors (Lipinski definition) is 1. The van der Waals surface area contributed by atoms with Crippen molar-refractivity contribution in [2.24, 2.45) is 5.73 Å². The highest BCUT2D eigenvalue weighted by atomic mass is 35.5. The summed E-state index contributed by atoms with van der Waals surface area (Å²) >= 11 is 12.3. The minimum atomic E-state index is -4.35. The van der Waals surface area contributed by atoms with Gasteiger partial charge < -0.3 is 10.6 Å². The van der Waals surface area contributed by atoms with Crippen LogP contribution in [0.4, 0.5) is 9.18 Å². The number of amides is 2. The number of carbonyl (C=O) groups is 1. The molecule has 1 aliphatic rings. The van der Waals surface area contributed by atoms with E-state index in [9.17, 15) is 17.6 Å². The standard InChI is InChI=1S/C9H8Cl2FN3O3S2/c1-14-8(13)4(12)3-15(9(14)16)20(17,18)5-2-6(10)19-7(5)11/h2-3,8H,13H2,1H3. The normalized spacial score (nSPS) is 20.4. The van der Waals surface area contributed by atoms with Crippen molar-refractivity contribution in [3.05, 3.63) is 26.8 Å². The molecule has 2 amide bonds. The van der Waals surface area contributed by atoms with Crippen LogP contribution in [-0.4, -0.2) is 36.9 Å². The molecule has 0 aliphatic carbocycles. The second kappa shape index (κ2) is 5.15. The monoisotopic (exact) mass is 359 g/mol. The highest BCUT2D eigenvalue weighted by Crippen LogP contribution is 2.37. The Morgan fingerprint density at radius 2 is 2.05 bits per heavy atom. The van der Waals surface area contributed by atoms with Crippen molar-refractivity contribution in [3.8, 4) is 0 Å². The third-order valence-electron chi connectivity index (χ3n) is 2.59. The van der Waals surface area contributed by atoms with Gasteiger partial charge in [0.2, 0.25) is 0 Å². The largest absolute Gasteiger partial charge is 0.339 e. The maximum Gasteiger partial charge on any atom is 0.339 e. The maximum atomic E-state index is 13.6. The zero-order chi connectivity index (χ0) is 15.2. The van der Waals surface area contributed by atoms with E-state index < -0.39 is 28.0 Å². The predicted octanol–water partition coefficient (Wildman–Crippen LogP) is 2.21. The van der Waals surface area contributed by atoms with Crippen molar-refractivity contribution >= 4 is 50.6 Å². The van der Waals surface area contributed by atoms with Gasteiger partial charge in [-0.25, -0.2) is 17.6 Å². The number of halogens is 3. The van der Waals surface area contributed by atoms with Gasteiger partial charge in [0.25, 0.3) is 10.0 Å². The molecule has 0 saturated heterocycles. The Labute approximate surface area is 128 Å². The van der Waals surface area contributed by atoms with Gasteiger partial charge >= 0.3 is 6.03 Å². The van der Waals surface area contributed by atoms with Gasteiger partial charge in [0, 0.05) is 7.05 Å². The van der Waals surface area contributed by atoms with E-state index in [1.165, 1.54) is 7.05 Å². The molecule has 1 aromatic heterocycles. The van der Waals surface area contributed by atoms with Crippen LogP contribution in [0, 0.1) is 0 Å². The first kappa shape index (κ1) is 15.5. The third-order valence-corrected chi connectivity index (χ3v) is 5.98. The lowest BCUT2D eigenvalue weighted by molar-refractivity contribution is 0.171. The van der Waals surface area contributed by atoms with Crippen LogP contribution in [0.15, 0.2) is 23.0 Å². The topological polar surface area (TPSA) is 83.7 Å². The Balaban J connectivity index is 2.55. The number of hydrogen-bond acceptors (Lipinski definition) is 5. The van der Waals surface area contributed by atoms with Crippen LogP contribution in [0.3, 0.4) is 0 Å². The van der Waals surface area contributed by atoms with Crippen molar-refractivity contribution in [2.45, 2.75) is 11.1 Å². The molecule has 0 radical (unpaired) electrons. The molecule has 2 N–H and O–H groups in total. The van der Waals surface area contributed by atoms with Crippen molar-refractivity contribution in [3.63, 3.8) is 0 Å². The lowest BCUT2D eigenvalue weighted by atomic mass is 10.3. The van der Waals surface area contributed by atoms with Crippen LogP contribution in [0.1, 0.15) is 0 Å². The first-order valence-corrected chi connectivity index (χ1v) is 8.06. The first-order valence-electron chi connectivity index (χ1n) is 5.05. The molecular formula is C9H8Cl2FN3O3S2. The van der Waals surface area contributed by atoms with Gasteiger partial charge in [-0.15, -0.1) is 11.3 Å². The molecule has 0 saturated carbocycles. The van der Waals surface area contributed by atoms with E-state index in [-0.39, 0.29) is 17.9 Å². The number of rotatable bonds is 2. The molecule has 110 valence electrons. The van der Waals surface area contributed by atoms with Gasteiger partial charge in [-0.05, 0) is 6.07 Å². The smallest absolute Gasteiger partial charge is 0.305 e. The van der Waals surface area contributed by atoms with Gasteiger partial charge in [0.15, 0.2) is 5.83 Å². The Morgan fingerprint density at radius 3 is 2.55 bits per heavy atom. The molecular weight excluding hydrogens is 352 g/mol. The molecule has 20 heavy (non-hydrogen) atoms. The summed E-state index contributed by atoms with van der Waals surface area (Å²) in [6.07, 6.45) is -0.792. The number of thiophene rings is 1. The summed E-state index contributed by atoms with van der Waals surface area (Å²) in [5, 5.41) is 0. The number of carbonyl (C=O) groups excluding carboxylic acids is 1. The van der Waals surface area contributed by atoms with E-state index in [0.29, 0.717) is 6.20 Å². The van der Waals surface area contributed by atoms with E-state index in [1.807, 2.05) is 0 Å². The molecule has 1 unspecified atom stereocenters. The number of urea groups is 1. The minimum absolute atomic E-state index is 0.117. The predicted molar refractivity (Wildman–Crippen MR) is 73.7 cm³/mol. The molecule has 2 rings (SSSR count). The molecule has 0 aromatic carbocycles. The molecule has 0 bridgehead atoms. The molecule has 1 aromatic rings. The fraction of sp³-hybridized carbons (Fsp3) is 0.222. The molecule has 0 fully saturated rings. The van der Waals surface area contributed by atoms with Gasteiger partial charge in [-0.2, -0.15) is 4.31 Å². The van der Waals surface area contributed by atoms with E-state index in [1.54, 1.807) is 0 Å². The zero-order valence-corrected chi connectivity index (χ0v) is 13.0. The zero-order valence-electron chi connectivity index (χ0n) is 9.88. The number of sulfonamides is 1. The Bertz CT molecular complexity index is 703. The molecule has 1 atom stereocenters. The van der Waals surface area contributed by atoms with Gasteiger partial charge in [-0.1, -0.05) is 23.2 Å². The fourth-order valence-electron chi connectivity index (χ4n) is 1.48. The van der Waals surface area contributed by atoms with Crippen molar-refractivity contribution in [2.75, 3.05) is 7.05 Å². The van der Waals surface area contributed by atoms with E-state index in [0.717, 1.165) is 22.3 Å². The van der Waals surface area contributed by atoms with Crippen molar-refractivity contribution in [1.82, 2.24) is 9.21 Å². The van der Waals surface area contributed by atoms with Crippen LogP contribution in [0.25, 0.3) is 0 Å². The summed E-state index contributed by atoms with van der Waals surface area (Å²) in [5.74, 6) is -0.965. The van der Waals surface area contributed by atoms with Gasteiger partial charge in [-0.3, -0.25) is 0 Å². The number of nitrogens with two attached hydrogens (primary N) is 1. The number of nitrogens with zero attached hydrogens (tertiary/aromatic N) is 2. The third kappa shape index (κ3) is 2.40. The fourth-order valence-corrected chi connectivity index (χ4v) is 4.88.